The van der Waals surface area contributed by atoms with Gasteiger partial charge in [0.1, 0.15) is 6.10 Å². The summed E-state index contributed by atoms with van der Waals surface area (Å²) in [7, 11) is 2.10. The van der Waals surface area contributed by atoms with Crippen molar-refractivity contribution in [1.29, 1.82) is 0 Å². The normalized spacial score (nSPS) is 18.3. The molecule has 2 fully saturated rings. The van der Waals surface area contributed by atoms with Crippen LogP contribution in [0.2, 0.25) is 0 Å². The van der Waals surface area contributed by atoms with Crippen molar-refractivity contribution in [3.63, 3.8) is 0 Å². The summed E-state index contributed by atoms with van der Waals surface area (Å²) in [6, 6.07) is 3.64. The largest absolute Gasteiger partial charge is 0.711 e. The lowest BCUT2D eigenvalue weighted by molar-refractivity contribution is -0.590. The molecular formula is C29H39N9O4. The van der Waals surface area contributed by atoms with Crippen LogP contribution in [0.15, 0.2) is 37.2 Å². The predicted octanol–water partition coefficient (Wildman–Crippen LogP) is 2.33. The zero-order chi connectivity index (χ0) is 29.8. The number of amides is 2. The van der Waals surface area contributed by atoms with E-state index in [4.69, 9.17) is 4.74 Å². The first-order chi connectivity index (χ1) is 20.2. The van der Waals surface area contributed by atoms with E-state index in [1.54, 1.807) is 27.7 Å². The molecule has 0 radical (unpaired) electrons. The maximum absolute atomic E-state index is 12.9. The lowest BCUT2D eigenvalue weighted by Crippen LogP contribution is -2.44. The molecule has 2 aliphatic heterocycles. The molecule has 2 aliphatic rings. The van der Waals surface area contributed by atoms with Crippen molar-refractivity contribution >= 4 is 29.2 Å². The van der Waals surface area contributed by atoms with Crippen LogP contribution in [-0.2, 0) is 16.1 Å². The highest BCUT2D eigenvalue weighted by Gasteiger charge is 2.30. The molecule has 224 valence electrons. The fraction of sp³-hybridized carbons (Fsp3) is 0.517. The van der Waals surface area contributed by atoms with Crippen molar-refractivity contribution in [1.82, 2.24) is 29.4 Å². The second kappa shape index (κ2) is 12.7. The molecule has 42 heavy (non-hydrogen) atoms. The Kier molecular flexibility index (Phi) is 8.86. The van der Waals surface area contributed by atoms with E-state index in [0.717, 1.165) is 37.9 Å². The van der Waals surface area contributed by atoms with Gasteiger partial charge in [-0.15, -0.1) is 0 Å². The lowest BCUT2D eigenvalue weighted by atomic mass is 9.97. The fourth-order valence-electron chi connectivity index (χ4n) is 5.36. The number of nitrogens with one attached hydrogen (secondary N) is 2. The first-order valence-electron chi connectivity index (χ1n) is 14.5. The number of aromatic nitrogens is 5. The van der Waals surface area contributed by atoms with Gasteiger partial charge in [-0.25, -0.2) is 14.8 Å². The minimum atomic E-state index is -0.389. The molecule has 13 nitrogen and oxygen atoms in total. The summed E-state index contributed by atoms with van der Waals surface area (Å²) in [6.45, 7) is 10.8. The van der Waals surface area contributed by atoms with Crippen LogP contribution in [-0.4, -0.2) is 80.5 Å². The van der Waals surface area contributed by atoms with Crippen molar-refractivity contribution < 1.29 is 19.1 Å². The fourth-order valence-corrected chi connectivity index (χ4v) is 5.36. The zero-order valence-corrected chi connectivity index (χ0v) is 24.5. The Morgan fingerprint density at radius 3 is 2.71 bits per heavy atom. The van der Waals surface area contributed by atoms with Crippen molar-refractivity contribution in [2.24, 2.45) is 5.92 Å². The molecule has 5 rings (SSSR count). The summed E-state index contributed by atoms with van der Waals surface area (Å²) < 4.78 is 8.50. The molecule has 1 atom stereocenters. The third kappa shape index (κ3) is 6.62. The van der Waals surface area contributed by atoms with E-state index < -0.39 is 0 Å². The molecule has 0 saturated carbocycles. The van der Waals surface area contributed by atoms with Crippen LogP contribution in [0.1, 0.15) is 56.6 Å². The third-order valence-electron chi connectivity index (χ3n) is 7.89. The Morgan fingerprint density at radius 2 is 2.00 bits per heavy atom. The number of nitrogens with zero attached hydrogens (tertiary/aromatic N) is 7. The first-order valence-corrected chi connectivity index (χ1v) is 14.5. The van der Waals surface area contributed by atoms with E-state index in [-0.39, 0.29) is 42.1 Å². The summed E-state index contributed by atoms with van der Waals surface area (Å²) in [5.41, 5.74) is 2.35. The van der Waals surface area contributed by atoms with E-state index in [2.05, 4.69) is 58.1 Å². The van der Waals surface area contributed by atoms with E-state index in [9.17, 15) is 14.8 Å². The summed E-state index contributed by atoms with van der Waals surface area (Å²) in [6.07, 6.45) is 7.68. The Labute approximate surface area is 245 Å². The highest BCUT2D eigenvalue weighted by molar-refractivity contribution is 5.92. The first kappa shape index (κ1) is 29.2. The van der Waals surface area contributed by atoms with Gasteiger partial charge < -0.3 is 25.1 Å². The summed E-state index contributed by atoms with van der Waals surface area (Å²) in [4.78, 5) is 38.0. The van der Waals surface area contributed by atoms with Crippen LogP contribution in [0.25, 0.3) is 5.65 Å². The predicted molar refractivity (Wildman–Crippen MR) is 157 cm³/mol. The third-order valence-corrected chi connectivity index (χ3v) is 7.89. The monoisotopic (exact) mass is 577 g/mol. The van der Waals surface area contributed by atoms with Gasteiger partial charge in [0.2, 0.25) is 11.9 Å². The zero-order valence-electron chi connectivity index (χ0n) is 24.5. The number of ether oxygens (including phenoxy) is 1. The van der Waals surface area contributed by atoms with Gasteiger partial charge in [0, 0.05) is 49.9 Å². The van der Waals surface area contributed by atoms with Crippen LogP contribution >= 0.6 is 0 Å². The molecule has 3 aromatic heterocycles. The Bertz CT molecular complexity index is 1450. The van der Waals surface area contributed by atoms with E-state index in [1.807, 2.05) is 0 Å². The topological polar surface area (TPSA) is 144 Å². The Morgan fingerprint density at radius 1 is 1.21 bits per heavy atom. The average molecular weight is 578 g/mol. The second-order valence-electron chi connectivity index (χ2n) is 11.4. The molecule has 5 heterocycles. The van der Waals surface area contributed by atoms with Gasteiger partial charge in [-0.2, -0.15) is 19.6 Å². The molecule has 0 spiro atoms. The molecule has 13 heteroatoms. The summed E-state index contributed by atoms with van der Waals surface area (Å²) in [5, 5.41) is 23.3. The summed E-state index contributed by atoms with van der Waals surface area (Å²) in [5.74, 6) is -0.0708. The van der Waals surface area contributed by atoms with E-state index in [1.165, 1.54) is 12.3 Å². The molecule has 1 unspecified atom stereocenters. The number of carbonyl (C=O) groups is 2. The molecule has 2 saturated heterocycles. The van der Waals surface area contributed by atoms with Gasteiger partial charge >= 0.3 is 11.9 Å². The van der Waals surface area contributed by atoms with Crippen LogP contribution < -0.4 is 20.1 Å². The van der Waals surface area contributed by atoms with E-state index >= 15 is 0 Å². The van der Waals surface area contributed by atoms with Crippen LogP contribution in [0.5, 0.6) is 6.01 Å². The number of fused-ring (bicyclic) bond motifs is 1. The number of piperidine rings is 2. The number of anilines is 2. The van der Waals surface area contributed by atoms with Crippen LogP contribution in [0.3, 0.4) is 0 Å². The van der Waals surface area contributed by atoms with Gasteiger partial charge in [-0.05, 0) is 50.8 Å². The average Bonchev–Trinajstić information content (AvgIpc) is 3.42. The molecule has 0 aliphatic carbocycles. The van der Waals surface area contributed by atoms with Crippen LogP contribution in [0, 0.1) is 11.1 Å². The van der Waals surface area contributed by atoms with Gasteiger partial charge in [-0.1, -0.05) is 20.4 Å². The maximum atomic E-state index is 12.9. The highest BCUT2D eigenvalue weighted by Crippen LogP contribution is 2.25. The number of hydrogen-bond acceptors (Lipinski definition) is 9. The van der Waals surface area contributed by atoms with Crippen molar-refractivity contribution in [3.05, 3.63) is 53.5 Å². The van der Waals surface area contributed by atoms with Gasteiger partial charge in [0.05, 0.1) is 18.3 Å². The molecule has 2 amide bonds. The van der Waals surface area contributed by atoms with Gasteiger partial charge in [0.25, 0.3) is 5.82 Å². The summed E-state index contributed by atoms with van der Waals surface area (Å²) >= 11 is 0. The molecular weight excluding hydrogens is 538 g/mol. The number of pyridine rings is 1. The number of rotatable bonds is 9. The minimum absolute atomic E-state index is 0.0447. The second-order valence-corrected chi connectivity index (χ2v) is 11.4. The SMILES string of the molecule is C=CC(=O)N1CCCC(C(=O)Nc2ccc(CNc3nc(OC4CCN(C)CC4)nc4c(C(C)C)cnn34)c[n+]2[O-])C1. The van der Waals surface area contributed by atoms with Crippen LogP contribution in [0.4, 0.5) is 11.8 Å². The number of hydrogen-bond donors (Lipinski definition) is 2. The molecule has 2 N–H and O–H groups in total. The number of likely N-dealkylation sites (tertiary alicyclic amines) is 2. The molecule has 0 aromatic carbocycles. The van der Waals surface area contributed by atoms with Gasteiger partial charge in [0.15, 0.2) is 5.65 Å². The number of carbonyl (C=O) groups excluding carboxylic acids is 2. The van der Waals surface area contributed by atoms with Crippen molar-refractivity contribution in [3.8, 4) is 6.01 Å². The quantitative estimate of drug-likeness (QED) is 0.222. The highest BCUT2D eigenvalue weighted by atomic mass is 16.5. The molecule has 3 aromatic rings. The lowest BCUT2D eigenvalue weighted by Gasteiger charge is -2.30. The van der Waals surface area contributed by atoms with E-state index in [0.29, 0.717) is 47.4 Å². The standard InChI is InChI=1S/C29H39N9O4/c1-5-25(39)36-12-6-7-21(18-36)27(40)32-24-9-8-20(17-37(24)41)15-30-28-34-29(42-22-10-13-35(4)14-11-22)33-26-23(19(2)3)16-31-38(26)28/h5,8-9,16-17,19,21-22H,1,6-7,10-15,18H2,2-4H3,(H,32,40)(H,30,33,34). The molecule has 0 bridgehead atoms. The van der Waals surface area contributed by atoms with Crippen molar-refractivity contribution in [2.75, 3.05) is 43.9 Å². The van der Waals surface area contributed by atoms with Gasteiger partial charge in [-0.3, -0.25) is 4.79 Å². The Balaban J connectivity index is 1.27. The maximum Gasteiger partial charge on any atom is 0.322 e. The smallest absolute Gasteiger partial charge is 0.322 e. The minimum Gasteiger partial charge on any atom is -0.711 e. The Hall–Kier alpha value is -4.26. The van der Waals surface area contributed by atoms with Crippen molar-refractivity contribution in [2.45, 2.75) is 58.1 Å².